The monoisotopic (exact) mass is 140 g/mol. The lowest BCUT2D eigenvalue weighted by Crippen LogP contribution is -2.04. The molecular weight excluding hydrogens is 120 g/mol. The maximum absolute atomic E-state index is 2.41. The molecule has 1 rings (SSSR count). The third-order valence-corrected chi connectivity index (χ3v) is 3.02. The number of rotatable bonds is 1. The number of hydrogen-bond donors (Lipinski definition) is 0. The van der Waals surface area contributed by atoms with Crippen LogP contribution in [0.4, 0.5) is 0 Å². The fraction of sp³-hybridized carbons (Fsp3) is 1.00. The highest BCUT2D eigenvalue weighted by Crippen LogP contribution is 2.45. The number of hydrogen-bond acceptors (Lipinski definition) is 0. The van der Waals surface area contributed by atoms with Gasteiger partial charge in [-0.3, -0.25) is 0 Å². The summed E-state index contributed by atoms with van der Waals surface area (Å²) < 4.78 is 0. The summed E-state index contributed by atoms with van der Waals surface area (Å²) in [6.45, 7) is 9.53. The Kier molecular flexibility index (Phi) is 2.07. The van der Waals surface area contributed by atoms with Gasteiger partial charge in [0.25, 0.3) is 0 Å². The molecule has 1 fully saturated rings. The molecule has 0 heterocycles. The van der Waals surface area contributed by atoms with Crippen molar-refractivity contribution in [2.45, 2.75) is 47.0 Å². The van der Waals surface area contributed by atoms with Crippen LogP contribution in [-0.2, 0) is 0 Å². The molecule has 1 saturated carbocycles. The van der Waals surface area contributed by atoms with E-state index in [9.17, 15) is 0 Å². The lowest BCUT2D eigenvalue weighted by Gasteiger charge is -2.15. The Morgan fingerprint density at radius 3 is 2.10 bits per heavy atom. The van der Waals surface area contributed by atoms with Crippen molar-refractivity contribution < 1.29 is 0 Å². The van der Waals surface area contributed by atoms with Crippen molar-refractivity contribution in [1.29, 1.82) is 0 Å². The van der Waals surface area contributed by atoms with Crippen LogP contribution in [0.3, 0.4) is 0 Å². The van der Waals surface area contributed by atoms with E-state index in [4.69, 9.17) is 0 Å². The zero-order valence-electron chi connectivity index (χ0n) is 7.78. The van der Waals surface area contributed by atoms with Crippen LogP contribution >= 0.6 is 0 Å². The van der Waals surface area contributed by atoms with Gasteiger partial charge in [0.15, 0.2) is 0 Å². The van der Waals surface area contributed by atoms with Crippen LogP contribution in [0.25, 0.3) is 0 Å². The Balaban J connectivity index is 2.52. The van der Waals surface area contributed by atoms with Gasteiger partial charge in [0.1, 0.15) is 0 Å². The topological polar surface area (TPSA) is 0 Å². The molecule has 1 aliphatic carbocycles. The van der Waals surface area contributed by atoms with Gasteiger partial charge in [-0.1, -0.05) is 34.1 Å². The average Bonchev–Trinajstić information content (AvgIpc) is 2.05. The van der Waals surface area contributed by atoms with Crippen LogP contribution in [0, 0.1) is 17.3 Å². The van der Waals surface area contributed by atoms with Crippen LogP contribution in [0.1, 0.15) is 47.0 Å². The molecule has 0 aromatic heterocycles. The summed E-state index contributed by atoms with van der Waals surface area (Å²) in [5, 5.41) is 0. The predicted molar refractivity (Wildman–Crippen MR) is 46.0 cm³/mol. The van der Waals surface area contributed by atoms with Crippen LogP contribution in [-0.4, -0.2) is 0 Å². The van der Waals surface area contributed by atoms with Gasteiger partial charge >= 0.3 is 0 Å². The minimum Gasteiger partial charge on any atom is -0.0651 e. The fourth-order valence-electron chi connectivity index (χ4n) is 2.58. The van der Waals surface area contributed by atoms with Gasteiger partial charge in [-0.2, -0.15) is 0 Å². The zero-order chi connectivity index (χ0) is 7.78. The predicted octanol–water partition coefficient (Wildman–Crippen LogP) is 3.47. The van der Waals surface area contributed by atoms with Crippen molar-refractivity contribution in [3.05, 3.63) is 0 Å². The first-order chi connectivity index (χ1) is 4.55. The first-order valence-corrected chi connectivity index (χ1v) is 4.55. The second-order valence-electron chi connectivity index (χ2n) is 4.72. The summed E-state index contributed by atoms with van der Waals surface area (Å²) in [5.41, 5.74) is 0.639. The van der Waals surface area contributed by atoms with Crippen molar-refractivity contribution in [2.75, 3.05) is 0 Å². The lowest BCUT2D eigenvalue weighted by atomic mass is 9.90. The molecule has 2 atom stereocenters. The lowest BCUT2D eigenvalue weighted by molar-refractivity contribution is 0.357. The first kappa shape index (κ1) is 8.10. The summed E-state index contributed by atoms with van der Waals surface area (Å²) in [6.07, 6.45) is 4.26. The largest absolute Gasteiger partial charge is 0.0651 e. The molecular formula is C10H20. The molecule has 2 unspecified atom stereocenters. The van der Waals surface area contributed by atoms with E-state index in [-0.39, 0.29) is 0 Å². The molecule has 0 heteroatoms. The highest BCUT2D eigenvalue weighted by molar-refractivity contribution is 4.85. The van der Waals surface area contributed by atoms with E-state index < -0.39 is 0 Å². The molecule has 0 bridgehead atoms. The van der Waals surface area contributed by atoms with Crippen LogP contribution in [0.2, 0.25) is 0 Å². The molecule has 0 aromatic rings. The van der Waals surface area contributed by atoms with E-state index in [0.717, 1.165) is 11.8 Å². The highest BCUT2D eigenvalue weighted by Gasteiger charge is 2.35. The minimum atomic E-state index is 0.639. The molecule has 60 valence electrons. The van der Waals surface area contributed by atoms with Crippen molar-refractivity contribution in [3.8, 4) is 0 Å². The minimum absolute atomic E-state index is 0.639. The Labute approximate surface area is 65.0 Å². The molecule has 0 amide bonds. The summed E-state index contributed by atoms with van der Waals surface area (Å²) in [5.74, 6) is 1.98. The van der Waals surface area contributed by atoms with Crippen molar-refractivity contribution in [2.24, 2.45) is 17.3 Å². The zero-order valence-corrected chi connectivity index (χ0v) is 7.78. The highest BCUT2D eigenvalue weighted by atomic mass is 14.4. The van der Waals surface area contributed by atoms with Gasteiger partial charge in [0.2, 0.25) is 0 Å². The SMILES string of the molecule is CCC1CC(C)(C)CC1C. The molecule has 10 heavy (non-hydrogen) atoms. The Hall–Kier alpha value is 0. The molecule has 0 N–H and O–H groups in total. The molecule has 0 saturated heterocycles. The van der Waals surface area contributed by atoms with E-state index in [1.54, 1.807) is 0 Å². The third kappa shape index (κ3) is 1.53. The second kappa shape index (κ2) is 2.56. The third-order valence-electron chi connectivity index (χ3n) is 3.02. The van der Waals surface area contributed by atoms with Gasteiger partial charge in [-0.25, -0.2) is 0 Å². The second-order valence-corrected chi connectivity index (χ2v) is 4.72. The quantitative estimate of drug-likeness (QED) is 0.523. The van der Waals surface area contributed by atoms with Crippen molar-refractivity contribution in [1.82, 2.24) is 0 Å². The van der Waals surface area contributed by atoms with E-state index in [1.807, 2.05) is 0 Å². The van der Waals surface area contributed by atoms with Crippen molar-refractivity contribution >= 4 is 0 Å². The van der Waals surface area contributed by atoms with E-state index >= 15 is 0 Å². The van der Waals surface area contributed by atoms with Gasteiger partial charge in [-0.15, -0.1) is 0 Å². The Morgan fingerprint density at radius 2 is 1.90 bits per heavy atom. The molecule has 0 aliphatic heterocycles. The van der Waals surface area contributed by atoms with Crippen molar-refractivity contribution in [3.63, 3.8) is 0 Å². The Morgan fingerprint density at radius 1 is 1.30 bits per heavy atom. The summed E-state index contributed by atoms with van der Waals surface area (Å²) in [7, 11) is 0. The van der Waals surface area contributed by atoms with Gasteiger partial charge < -0.3 is 0 Å². The molecule has 0 radical (unpaired) electrons. The van der Waals surface area contributed by atoms with E-state index in [0.29, 0.717) is 5.41 Å². The maximum atomic E-state index is 2.41. The van der Waals surface area contributed by atoms with Crippen LogP contribution < -0.4 is 0 Å². The Bertz CT molecular complexity index is 113. The normalized spacial score (nSPS) is 38.4. The molecule has 0 aromatic carbocycles. The van der Waals surface area contributed by atoms with Gasteiger partial charge in [0, 0.05) is 0 Å². The summed E-state index contributed by atoms with van der Waals surface area (Å²) in [4.78, 5) is 0. The molecule has 0 spiro atoms. The average molecular weight is 140 g/mol. The van der Waals surface area contributed by atoms with Crippen LogP contribution in [0.15, 0.2) is 0 Å². The van der Waals surface area contributed by atoms with Crippen LogP contribution in [0.5, 0.6) is 0 Å². The fourth-order valence-corrected chi connectivity index (χ4v) is 2.58. The first-order valence-electron chi connectivity index (χ1n) is 4.55. The molecule has 0 nitrogen and oxygen atoms in total. The summed E-state index contributed by atoms with van der Waals surface area (Å²) >= 11 is 0. The standard InChI is InChI=1S/C10H20/c1-5-9-7-10(3,4)6-8(9)2/h8-9H,5-7H2,1-4H3. The summed E-state index contributed by atoms with van der Waals surface area (Å²) in [6, 6.07) is 0. The van der Waals surface area contributed by atoms with Gasteiger partial charge in [0.05, 0.1) is 0 Å². The van der Waals surface area contributed by atoms with Gasteiger partial charge in [-0.05, 0) is 30.1 Å². The van der Waals surface area contributed by atoms with E-state index in [1.165, 1.54) is 19.3 Å². The maximum Gasteiger partial charge on any atom is -0.0349 e. The smallest absolute Gasteiger partial charge is 0.0349 e. The van der Waals surface area contributed by atoms with E-state index in [2.05, 4.69) is 27.7 Å². The molecule has 1 aliphatic rings.